The fourth-order valence-corrected chi connectivity index (χ4v) is 3.79. The van der Waals surface area contributed by atoms with Gasteiger partial charge in [0.05, 0.1) is 0 Å². The highest BCUT2D eigenvalue weighted by Crippen LogP contribution is 2.51. The molecule has 1 saturated heterocycles. The van der Waals surface area contributed by atoms with Crippen LogP contribution in [0.2, 0.25) is 0 Å². The number of hydrogen-bond donors (Lipinski definition) is 1. The van der Waals surface area contributed by atoms with Crippen LogP contribution in [-0.2, 0) is 4.79 Å². The van der Waals surface area contributed by atoms with Gasteiger partial charge in [0, 0.05) is 12.6 Å². The highest BCUT2D eigenvalue weighted by molar-refractivity contribution is 5.75. The fourth-order valence-electron chi connectivity index (χ4n) is 3.79. The van der Waals surface area contributed by atoms with E-state index < -0.39 is 5.97 Å². The van der Waals surface area contributed by atoms with Gasteiger partial charge >= 0.3 is 5.97 Å². The minimum Gasteiger partial charge on any atom is -0.480 e. The third-order valence-corrected chi connectivity index (χ3v) is 4.73. The van der Waals surface area contributed by atoms with E-state index in [0.717, 1.165) is 6.54 Å². The summed E-state index contributed by atoms with van der Waals surface area (Å²) in [6, 6.07) is 0.421. The molecular weight excluding hydrogens is 202 g/mol. The maximum absolute atomic E-state index is 11.3. The van der Waals surface area contributed by atoms with E-state index in [1.54, 1.807) is 0 Å². The lowest BCUT2D eigenvalue weighted by molar-refractivity contribution is -0.144. The van der Waals surface area contributed by atoms with Gasteiger partial charge in [0.25, 0.3) is 0 Å². The zero-order valence-corrected chi connectivity index (χ0v) is 9.77. The van der Waals surface area contributed by atoms with Crippen LogP contribution in [0.1, 0.15) is 44.9 Å². The Morgan fingerprint density at radius 3 is 2.44 bits per heavy atom. The van der Waals surface area contributed by atoms with Gasteiger partial charge in [-0.2, -0.15) is 0 Å². The Morgan fingerprint density at radius 2 is 1.81 bits per heavy atom. The summed E-state index contributed by atoms with van der Waals surface area (Å²) in [5.74, 6) is 0.624. The van der Waals surface area contributed by atoms with E-state index in [0.29, 0.717) is 17.9 Å². The molecule has 1 aliphatic heterocycles. The summed E-state index contributed by atoms with van der Waals surface area (Å²) >= 11 is 0. The van der Waals surface area contributed by atoms with E-state index in [1.807, 2.05) is 0 Å². The minimum absolute atomic E-state index is 0.145. The molecule has 0 spiro atoms. The van der Waals surface area contributed by atoms with Gasteiger partial charge in [0.1, 0.15) is 6.04 Å². The smallest absolute Gasteiger partial charge is 0.321 e. The van der Waals surface area contributed by atoms with Crippen molar-refractivity contribution in [1.29, 1.82) is 0 Å². The van der Waals surface area contributed by atoms with Gasteiger partial charge in [-0.3, -0.25) is 9.69 Å². The van der Waals surface area contributed by atoms with Gasteiger partial charge in [-0.15, -0.1) is 0 Å². The average molecular weight is 223 g/mol. The Labute approximate surface area is 96.8 Å². The minimum atomic E-state index is -0.575. The van der Waals surface area contributed by atoms with Crippen molar-refractivity contribution in [2.75, 3.05) is 6.54 Å². The van der Waals surface area contributed by atoms with E-state index in [9.17, 15) is 9.90 Å². The summed E-state index contributed by atoms with van der Waals surface area (Å²) in [5, 5.41) is 9.34. The van der Waals surface area contributed by atoms with Gasteiger partial charge < -0.3 is 5.11 Å². The molecule has 3 rings (SSSR count). The largest absolute Gasteiger partial charge is 0.480 e. The van der Waals surface area contributed by atoms with Gasteiger partial charge in [-0.05, 0) is 31.1 Å². The van der Waals surface area contributed by atoms with Crippen LogP contribution in [0.3, 0.4) is 0 Å². The second-order valence-corrected chi connectivity index (χ2v) is 5.78. The zero-order valence-electron chi connectivity index (χ0n) is 9.77. The highest BCUT2D eigenvalue weighted by Gasteiger charge is 2.56. The number of aliphatic carboxylic acids is 1. The first-order valence-electron chi connectivity index (χ1n) is 6.76. The molecule has 2 saturated carbocycles. The molecule has 0 aromatic rings. The molecule has 1 heterocycles. The first-order chi connectivity index (χ1) is 7.77. The molecule has 1 N–H and O–H groups in total. The number of hydrogen-bond acceptors (Lipinski definition) is 2. The summed E-state index contributed by atoms with van der Waals surface area (Å²) in [6.45, 7) is 1.06. The van der Waals surface area contributed by atoms with Crippen molar-refractivity contribution in [3.05, 3.63) is 0 Å². The molecule has 16 heavy (non-hydrogen) atoms. The number of likely N-dealkylation sites (tertiary alicyclic amines) is 1. The molecule has 0 radical (unpaired) electrons. The van der Waals surface area contributed by atoms with Crippen LogP contribution in [0.15, 0.2) is 0 Å². The fraction of sp³-hybridized carbons (Fsp3) is 0.923. The molecule has 0 amide bonds. The van der Waals surface area contributed by atoms with Crippen LogP contribution in [-0.4, -0.2) is 34.6 Å². The molecule has 2 aliphatic carbocycles. The maximum Gasteiger partial charge on any atom is 0.321 e. The van der Waals surface area contributed by atoms with Crippen LogP contribution >= 0.6 is 0 Å². The molecule has 3 unspecified atom stereocenters. The Balaban J connectivity index is 1.70. The monoisotopic (exact) mass is 223 g/mol. The lowest BCUT2D eigenvalue weighted by Gasteiger charge is -2.32. The Bertz CT molecular complexity index is 284. The Hall–Kier alpha value is -0.570. The standard InChI is InChI=1S/C13H21NO2/c15-13(16)12-11-7-9(11)8-14(12)10-5-3-1-2-4-6-10/h9-12H,1-8H2,(H,15,16). The van der Waals surface area contributed by atoms with Crippen molar-refractivity contribution in [2.24, 2.45) is 11.8 Å². The van der Waals surface area contributed by atoms with Crippen LogP contribution in [0.25, 0.3) is 0 Å². The Kier molecular flexibility index (Phi) is 2.66. The molecule has 0 aromatic carbocycles. The summed E-state index contributed by atoms with van der Waals surface area (Å²) in [7, 11) is 0. The molecule has 90 valence electrons. The summed E-state index contributed by atoms with van der Waals surface area (Å²) < 4.78 is 0. The second kappa shape index (κ2) is 4.02. The molecule has 0 bridgehead atoms. The molecule has 3 fully saturated rings. The van der Waals surface area contributed by atoms with Crippen LogP contribution < -0.4 is 0 Å². The topological polar surface area (TPSA) is 40.5 Å². The third kappa shape index (κ3) is 1.75. The van der Waals surface area contributed by atoms with Gasteiger partial charge in [-0.1, -0.05) is 25.7 Å². The molecule has 3 aliphatic rings. The summed E-state index contributed by atoms with van der Waals surface area (Å²) in [6.07, 6.45) is 8.89. The van der Waals surface area contributed by atoms with Crippen molar-refractivity contribution >= 4 is 5.97 Å². The van der Waals surface area contributed by atoms with E-state index in [4.69, 9.17) is 0 Å². The van der Waals surface area contributed by atoms with Crippen molar-refractivity contribution in [3.8, 4) is 0 Å². The van der Waals surface area contributed by atoms with Crippen molar-refractivity contribution in [1.82, 2.24) is 4.90 Å². The number of carboxylic acids is 1. The third-order valence-electron chi connectivity index (χ3n) is 4.73. The molecule has 3 nitrogen and oxygen atoms in total. The van der Waals surface area contributed by atoms with Crippen molar-refractivity contribution in [3.63, 3.8) is 0 Å². The van der Waals surface area contributed by atoms with Gasteiger partial charge in [0.15, 0.2) is 0 Å². The normalized spacial score (nSPS) is 40.4. The van der Waals surface area contributed by atoms with E-state index in [2.05, 4.69) is 4.90 Å². The molecule has 3 heteroatoms. The highest BCUT2D eigenvalue weighted by atomic mass is 16.4. The average Bonchev–Trinajstić information content (AvgIpc) is 2.97. The molecule has 0 aromatic heterocycles. The lowest BCUT2D eigenvalue weighted by atomic mass is 10.0. The lowest BCUT2D eigenvalue weighted by Crippen LogP contribution is -2.45. The number of carbonyl (C=O) groups is 1. The summed E-state index contributed by atoms with van der Waals surface area (Å²) in [5.41, 5.74) is 0. The predicted molar refractivity (Wildman–Crippen MR) is 61.2 cm³/mol. The predicted octanol–water partition coefficient (Wildman–Crippen LogP) is 2.11. The number of carboxylic acid groups (broad SMARTS) is 1. The maximum atomic E-state index is 11.3. The molecular formula is C13H21NO2. The van der Waals surface area contributed by atoms with E-state index >= 15 is 0 Å². The van der Waals surface area contributed by atoms with Crippen LogP contribution in [0.4, 0.5) is 0 Å². The van der Waals surface area contributed by atoms with Crippen molar-refractivity contribution in [2.45, 2.75) is 57.0 Å². The number of piperidine rings is 1. The van der Waals surface area contributed by atoms with E-state index in [-0.39, 0.29) is 6.04 Å². The first kappa shape index (κ1) is 10.6. The van der Waals surface area contributed by atoms with Gasteiger partial charge in [-0.25, -0.2) is 0 Å². The second-order valence-electron chi connectivity index (χ2n) is 5.78. The Morgan fingerprint density at radius 1 is 1.12 bits per heavy atom. The van der Waals surface area contributed by atoms with Crippen molar-refractivity contribution < 1.29 is 9.90 Å². The molecule has 3 atom stereocenters. The number of rotatable bonds is 2. The first-order valence-corrected chi connectivity index (χ1v) is 6.76. The van der Waals surface area contributed by atoms with Crippen LogP contribution in [0, 0.1) is 11.8 Å². The van der Waals surface area contributed by atoms with Crippen LogP contribution in [0.5, 0.6) is 0 Å². The SMILES string of the molecule is O=C(O)C1C2CC2CN1C1CCCCCC1. The van der Waals surface area contributed by atoms with E-state index in [1.165, 1.54) is 44.9 Å². The zero-order chi connectivity index (χ0) is 11.1. The quantitative estimate of drug-likeness (QED) is 0.729. The number of fused-ring (bicyclic) bond motifs is 1. The summed E-state index contributed by atoms with van der Waals surface area (Å²) in [4.78, 5) is 13.7. The van der Waals surface area contributed by atoms with Gasteiger partial charge in [0.2, 0.25) is 0 Å². The number of nitrogens with zero attached hydrogens (tertiary/aromatic N) is 1.